The van der Waals surface area contributed by atoms with Crippen molar-refractivity contribution >= 4 is 5.91 Å². The standard InChI is InChI=1S/C12H24N2O2/c1-9-5-6-10(8-13-9)14-11(15)7-12(2,3)16-4/h9-10,13H,5-8H2,1-4H3,(H,14,15). The molecule has 0 bridgehead atoms. The second kappa shape index (κ2) is 5.64. The molecule has 1 aliphatic heterocycles. The predicted molar refractivity (Wildman–Crippen MR) is 64.3 cm³/mol. The van der Waals surface area contributed by atoms with Gasteiger partial charge in [-0.15, -0.1) is 0 Å². The van der Waals surface area contributed by atoms with Crippen LogP contribution in [0.15, 0.2) is 0 Å². The molecule has 4 heteroatoms. The van der Waals surface area contributed by atoms with E-state index in [9.17, 15) is 4.79 Å². The Kier molecular flexibility index (Phi) is 4.74. The molecule has 2 N–H and O–H groups in total. The number of methoxy groups -OCH3 is 1. The van der Waals surface area contributed by atoms with Crippen molar-refractivity contribution in [3.05, 3.63) is 0 Å². The van der Waals surface area contributed by atoms with Crippen molar-refractivity contribution in [2.45, 2.75) is 57.7 Å². The van der Waals surface area contributed by atoms with Crippen molar-refractivity contribution in [1.82, 2.24) is 10.6 Å². The third-order valence-corrected chi connectivity index (χ3v) is 3.16. The molecule has 94 valence electrons. The van der Waals surface area contributed by atoms with Gasteiger partial charge in [-0.3, -0.25) is 4.79 Å². The van der Waals surface area contributed by atoms with E-state index >= 15 is 0 Å². The first-order valence-corrected chi connectivity index (χ1v) is 6.01. The summed E-state index contributed by atoms with van der Waals surface area (Å²) in [6, 6.07) is 0.847. The van der Waals surface area contributed by atoms with Crippen molar-refractivity contribution in [2.75, 3.05) is 13.7 Å². The number of ether oxygens (including phenoxy) is 1. The first kappa shape index (κ1) is 13.5. The summed E-state index contributed by atoms with van der Waals surface area (Å²) in [4.78, 5) is 11.7. The number of piperidine rings is 1. The fraction of sp³-hybridized carbons (Fsp3) is 0.917. The summed E-state index contributed by atoms with van der Waals surface area (Å²) in [5, 5.41) is 6.42. The Morgan fingerprint density at radius 3 is 2.69 bits per heavy atom. The number of carbonyl (C=O) groups excluding carboxylic acids is 1. The maximum absolute atomic E-state index is 11.7. The third kappa shape index (κ3) is 4.49. The van der Waals surface area contributed by atoms with Gasteiger partial charge in [0.1, 0.15) is 0 Å². The minimum atomic E-state index is -0.376. The van der Waals surface area contributed by atoms with E-state index in [1.165, 1.54) is 0 Å². The van der Waals surface area contributed by atoms with Crippen molar-refractivity contribution in [1.29, 1.82) is 0 Å². The van der Waals surface area contributed by atoms with E-state index in [0.29, 0.717) is 12.5 Å². The largest absolute Gasteiger partial charge is 0.378 e. The van der Waals surface area contributed by atoms with Gasteiger partial charge in [0.2, 0.25) is 5.91 Å². The van der Waals surface area contributed by atoms with E-state index < -0.39 is 0 Å². The Morgan fingerprint density at radius 1 is 1.50 bits per heavy atom. The Labute approximate surface area is 98.1 Å². The molecular weight excluding hydrogens is 204 g/mol. The van der Waals surface area contributed by atoms with Crippen LogP contribution in [0.1, 0.15) is 40.0 Å². The van der Waals surface area contributed by atoms with Gasteiger partial charge in [0.05, 0.1) is 12.0 Å². The molecule has 1 saturated heterocycles. The summed E-state index contributed by atoms with van der Waals surface area (Å²) >= 11 is 0. The van der Waals surface area contributed by atoms with Crippen LogP contribution in [0.4, 0.5) is 0 Å². The highest BCUT2D eigenvalue weighted by Crippen LogP contribution is 2.13. The maximum atomic E-state index is 11.7. The number of hydrogen-bond acceptors (Lipinski definition) is 3. The molecule has 1 amide bonds. The molecule has 2 unspecified atom stereocenters. The Balaban J connectivity index is 2.29. The molecule has 2 atom stereocenters. The molecule has 1 aliphatic rings. The molecule has 0 aromatic heterocycles. The molecular formula is C12H24N2O2. The van der Waals surface area contributed by atoms with Gasteiger partial charge in [0, 0.05) is 25.7 Å². The van der Waals surface area contributed by atoms with Crippen LogP contribution >= 0.6 is 0 Å². The number of hydrogen-bond donors (Lipinski definition) is 2. The molecule has 1 rings (SSSR count). The zero-order valence-corrected chi connectivity index (χ0v) is 10.8. The molecule has 0 radical (unpaired) electrons. The minimum Gasteiger partial charge on any atom is -0.378 e. The molecule has 0 spiro atoms. The zero-order valence-electron chi connectivity index (χ0n) is 10.8. The highest BCUT2D eigenvalue weighted by molar-refractivity contribution is 5.77. The highest BCUT2D eigenvalue weighted by atomic mass is 16.5. The first-order valence-electron chi connectivity index (χ1n) is 6.01. The van der Waals surface area contributed by atoms with Gasteiger partial charge in [0.15, 0.2) is 0 Å². The lowest BCUT2D eigenvalue weighted by Crippen LogP contribution is -2.49. The lowest BCUT2D eigenvalue weighted by molar-refractivity contribution is -0.127. The van der Waals surface area contributed by atoms with Crippen LogP contribution in [0.3, 0.4) is 0 Å². The first-order chi connectivity index (χ1) is 7.43. The van der Waals surface area contributed by atoms with Gasteiger partial charge in [-0.2, -0.15) is 0 Å². The summed E-state index contributed by atoms with van der Waals surface area (Å²) in [6.07, 6.45) is 2.60. The van der Waals surface area contributed by atoms with Gasteiger partial charge in [0.25, 0.3) is 0 Å². The summed E-state index contributed by atoms with van der Waals surface area (Å²) in [5.41, 5.74) is -0.376. The molecule has 1 heterocycles. The number of nitrogens with one attached hydrogen (secondary N) is 2. The lowest BCUT2D eigenvalue weighted by Gasteiger charge is -2.29. The van der Waals surface area contributed by atoms with Gasteiger partial charge in [-0.05, 0) is 33.6 Å². The third-order valence-electron chi connectivity index (χ3n) is 3.16. The molecule has 0 aromatic rings. The molecule has 4 nitrogen and oxygen atoms in total. The highest BCUT2D eigenvalue weighted by Gasteiger charge is 2.24. The fourth-order valence-electron chi connectivity index (χ4n) is 1.86. The van der Waals surface area contributed by atoms with Crippen LogP contribution in [-0.2, 0) is 9.53 Å². The van der Waals surface area contributed by atoms with E-state index in [0.717, 1.165) is 19.4 Å². The van der Waals surface area contributed by atoms with Crippen LogP contribution in [-0.4, -0.2) is 37.2 Å². The van der Waals surface area contributed by atoms with E-state index in [-0.39, 0.29) is 17.6 Å². The quantitative estimate of drug-likeness (QED) is 0.756. The van der Waals surface area contributed by atoms with Gasteiger partial charge in [-0.1, -0.05) is 0 Å². The molecule has 0 aromatic carbocycles. The maximum Gasteiger partial charge on any atom is 0.223 e. The summed E-state index contributed by atoms with van der Waals surface area (Å²) < 4.78 is 5.24. The predicted octanol–water partition coefficient (Wildman–Crippen LogP) is 1.06. The normalized spacial score (nSPS) is 26.5. The number of rotatable bonds is 4. The molecule has 1 fully saturated rings. The fourth-order valence-corrected chi connectivity index (χ4v) is 1.86. The van der Waals surface area contributed by atoms with Crippen LogP contribution in [0.25, 0.3) is 0 Å². The summed E-state index contributed by atoms with van der Waals surface area (Å²) in [6.45, 7) is 6.90. The Morgan fingerprint density at radius 2 is 2.19 bits per heavy atom. The van der Waals surface area contributed by atoms with Crippen LogP contribution in [0.2, 0.25) is 0 Å². The van der Waals surface area contributed by atoms with Crippen molar-refractivity contribution in [2.24, 2.45) is 0 Å². The van der Waals surface area contributed by atoms with Crippen molar-refractivity contribution < 1.29 is 9.53 Å². The topological polar surface area (TPSA) is 50.4 Å². The second-order valence-corrected chi connectivity index (χ2v) is 5.29. The number of amides is 1. The van der Waals surface area contributed by atoms with Gasteiger partial charge in [-0.25, -0.2) is 0 Å². The molecule has 0 aliphatic carbocycles. The monoisotopic (exact) mass is 228 g/mol. The number of carbonyl (C=O) groups is 1. The van der Waals surface area contributed by atoms with E-state index in [2.05, 4.69) is 17.6 Å². The molecule has 16 heavy (non-hydrogen) atoms. The van der Waals surface area contributed by atoms with E-state index in [4.69, 9.17) is 4.74 Å². The average molecular weight is 228 g/mol. The van der Waals surface area contributed by atoms with Crippen LogP contribution in [0.5, 0.6) is 0 Å². The summed E-state index contributed by atoms with van der Waals surface area (Å²) in [7, 11) is 1.64. The van der Waals surface area contributed by atoms with Crippen LogP contribution < -0.4 is 10.6 Å². The lowest BCUT2D eigenvalue weighted by atomic mass is 10.0. The summed E-state index contributed by atoms with van der Waals surface area (Å²) in [5.74, 6) is 0.0770. The van der Waals surface area contributed by atoms with Gasteiger partial charge >= 0.3 is 0 Å². The SMILES string of the molecule is COC(C)(C)CC(=O)NC1CCC(C)NC1. The molecule has 0 saturated carbocycles. The Bertz CT molecular complexity index is 233. The van der Waals surface area contributed by atoms with Crippen molar-refractivity contribution in [3.8, 4) is 0 Å². The zero-order chi connectivity index (χ0) is 12.2. The van der Waals surface area contributed by atoms with Gasteiger partial charge < -0.3 is 15.4 Å². The van der Waals surface area contributed by atoms with Crippen LogP contribution in [0, 0.1) is 0 Å². The second-order valence-electron chi connectivity index (χ2n) is 5.29. The van der Waals surface area contributed by atoms with E-state index in [1.807, 2.05) is 13.8 Å². The minimum absolute atomic E-state index is 0.0770. The Hall–Kier alpha value is -0.610. The van der Waals surface area contributed by atoms with E-state index in [1.54, 1.807) is 7.11 Å². The average Bonchev–Trinajstić information content (AvgIpc) is 2.21. The smallest absolute Gasteiger partial charge is 0.223 e. The van der Waals surface area contributed by atoms with Crippen molar-refractivity contribution in [3.63, 3.8) is 0 Å².